The van der Waals surface area contributed by atoms with E-state index in [2.05, 4.69) is 5.32 Å². The fraction of sp³-hybridized carbons (Fsp3) is 0.286. The molecule has 0 saturated heterocycles. The topological polar surface area (TPSA) is 90.9 Å². The normalized spacial score (nSPS) is 10.1. The van der Waals surface area contributed by atoms with Crippen molar-refractivity contribution in [3.05, 3.63) is 59.2 Å². The number of methoxy groups -OCH3 is 1. The van der Waals surface area contributed by atoms with E-state index in [1.54, 1.807) is 36.4 Å². The van der Waals surface area contributed by atoms with Gasteiger partial charge in [-0.05, 0) is 30.7 Å². The van der Waals surface area contributed by atoms with E-state index in [4.69, 9.17) is 14.2 Å². The molecule has 28 heavy (non-hydrogen) atoms. The standard InChI is InChI=1S/C21H23NO6/c1-4-27-20-11-17(9-10-19(20)26-3)21(25)28-13-18(24)16-7-5-15(6-8-16)12-22-14(2)23/h5-11H,4,12-13H2,1-3H3,(H,22,23). The molecular weight excluding hydrogens is 362 g/mol. The van der Waals surface area contributed by atoms with Crippen LogP contribution in [0.2, 0.25) is 0 Å². The van der Waals surface area contributed by atoms with Gasteiger partial charge in [-0.25, -0.2) is 4.79 Å². The van der Waals surface area contributed by atoms with Crippen LogP contribution in [0.1, 0.15) is 40.1 Å². The van der Waals surface area contributed by atoms with Crippen molar-refractivity contribution < 1.29 is 28.6 Å². The van der Waals surface area contributed by atoms with Crippen molar-refractivity contribution in [1.82, 2.24) is 5.32 Å². The Balaban J connectivity index is 1.95. The summed E-state index contributed by atoms with van der Waals surface area (Å²) in [4.78, 5) is 35.4. The molecule has 0 spiro atoms. The minimum atomic E-state index is -0.626. The van der Waals surface area contributed by atoms with Gasteiger partial charge in [-0.1, -0.05) is 24.3 Å². The van der Waals surface area contributed by atoms with Gasteiger partial charge in [-0.2, -0.15) is 0 Å². The third-order valence-corrected chi connectivity index (χ3v) is 3.85. The minimum absolute atomic E-state index is 0.127. The average molecular weight is 385 g/mol. The molecule has 2 rings (SSSR count). The summed E-state index contributed by atoms with van der Waals surface area (Å²) >= 11 is 0. The molecule has 2 aromatic rings. The maximum Gasteiger partial charge on any atom is 0.338 e. The summed E-state index contributed by atoms with van der Waals surface area (Å²) in [5.74, 6) is -0.135. The monoisotopic (exact) mass is 385 g/mol. The van der Waals surface area contributed by atoms with E-state index in [1.807, 2.05) is 6.92 Å². The maximum absolute atomic E-state index is 12.2. The quantitative estimate of drug-likeness (QED) is 0.527. The van der Waals surface area contributed by atoms with Crippen molar-refractivity contribution in [2.75, 3.05) is 20.3 Å². The van der Waals surface area contributed by atoms with Crippen LogP contribution in [-0.4, -0.2) is 38.0 Å². The predicted molar refractivity (Wildman–Crippen MR) is 103 cm³/mol. The molecule has 0 fully saturated rings. The number of carbonyl (C=O) groups excluding carboxylic acids is 3. The summed E-state index contributed by atoms with van der Waals surface area (Å²) in [6, 6.07) is 11.4. The summed E-state index contributed by atoms with van der Waals surface area (Å²) in [6.07, 6.45) is 0. The lowest BCUT2D eigenvalue weighted by atomic mass is 10.1. The van der Waals surface area contributed by atoms with Gasteiger partial charge in [0.1, 0.15) is 0 Å². The van der Waals surface area contributed by atoms with Gasteiger partial charge >= 0.3 is 5.97 Å². The Morgan fingerprint density at radius 3 is 2.25 bits per heavy atom. The van der Waals surface area contributed by atoms with Gasteiger partial charge in [0.25, 0.3) is 0 Å². The zero-order chi connectivity index (χ0) is 20.5. The Bertz CT molecular complexity index is 844. The van der Waals surface area contributed by atoms with Crippen LogP contribution in [0.5, 0.6) is 11.5 Å². The second-order valence-corrected chi connectivity index (χ2v) is 5.90. The van der Waals surface area contributed by atoms with E-state index >= 15 is 0 Å². The molecule has 2 aromatic carbocycles. The van der Waals surface area contributed by atoms with Crippen molar-refractivity contribution in [3.8, 4) is 11.5 Å². The summed E-state index contributed by atoms with van der Waals surface area (Å²) in [5, 5.41) is 2.68. The highest BCUT2D eigenvalue weighted by Crippen LogP contribution is 2.28. The molecule has 7 heteroatoms. The Hall–Kier alpha value is -3.35. The molecule has 0 unspecified atom stereocenters. The van der Waals surface area contributed by atoms with Crippen LogP contribution in [0.25, 0.3) is 0 Å². The molecule has 7 nitrogen and oxygen atoms in total. The lowest BCUT2D eigenvalue weighted by Crippen LogP contribution is -2.19. The molecular formula is C21H23NO6. The van der Waals surface area contributed by atoms with Gasteiger partial charge in [0.05, 0.1) is 19.3 Å². The number of ketones is 1. The molecule has 0 aromatic heterocycles. The first-order valence-corrected chi connectivity index (χ1v) is 8.79. The van der Waals surface area contributed by atoms with Crippen molar-refractivity contribution in [2.24, 2.45) is 0 Å². The van der Waals surface area contributed by atoms with E-state index in [0.717, 1.165) is 5.56 Å². The lowest BCUT2D eigenvalue weighted by Gasteiger charge is -2.11. The van der Waals surface area contributed by atoms with E-state index in [-0.39, 0.29) is 23.9 Å². The van der Waals surface area contributed by atoms with Crippen LogP contribution in [0.4, 0.5) is 0 Å². The number of hydrogen-bond acceptors (Lipinski definition) is 6. The fourth-order valence-electron chi connectivity index (χ4n) is 2.40. The van der Waals surface area contributed by atoms with E-state index < -0.39 is 5.97 Å². The first-order chi connectivity index (χ1) is 13.4. The van der Waals surface area contributed by atoms with Gasteiger partial charge in [0.2, 0.25) is 5.91 Å². The van der Waals surface area contributed by atoms with Crippen LogP contribution in [0, 0.1) is 0 Å². The first-order valence-electron chi connectivity index (χ1n) is 8.79. The van der Waals surface area contributed by atoms with Gasteiger partial charge < -0.3 is 19.5 Å². The smallest absolute Gasteiger partial charge is 0.338 e. The van der Waals surface area contributed by atoms with Crippen molar-refractivity contribution in [3.63, 3.8) is 0 Å². The second-order valence-electron chi connectivity index (χ2n) is 5.90. The second kappa shape index (κ2) is 10.1. The third-order valence-electron chi connectivity index (χ3n) is 3.85. The van der Waals surface area contributed by atoms with E-state index in [9.17, 15) is 14.4 Å². The molecule has 0 aliphatic carbocycles. The minimum Gasteiger partial charge on any atom is -0.493 e. The molecule has 1 N–H and O–H groups in total. The summed E-state index contributed by atoms with van der Waals surface area (Å²) < 4.78 is 15.7. The van der Waals surface area contributed by atoms with Crippen LogP contribution in [0.3, 0.4) is 0 Å². The zero-order valence-corrected chi connectivity index (χ0v) is 16.1. The van der Waals surface area contributed by atoms with Gasteiger partial charge in [-0.3, -0.25) is 9.59 Å². The predicted octanol–water partition coefficient (Wildman–Crippen LogP) is 2.77. The lowest BCUT2D eigenvalue weighted by molar-refractivity contribution is -0.119. The highest BCUT2D eigenvalue weighted by molar-refractivity contribution is 5.99. The van der Waals surface area contributed by atoms with Crippen LogP contribution in [-0.2, 0) is 16.1 Å². The number of esters is 1. The van der Waals surface area contributed by atoms with Crippen molar-refractivity contribution >= 4 is 17.7 Å². The highest BCUT2D eigenvalue weighted by atomic mass is 16.5. The molecule has 0 aliphatic heterocycles. The molecule has 0 radical (unpaired) electrons. The highest BCUT2D eigenvalue weighted by Gasteiger charge is 2.15. The number of hydrogen-bond donors (Lipinski definition) is 1. The van der Waals surface area contributed by atoms with Crippen molar-refractivity contribution in [2.45, 2.75) is 20.4 Å². The Labute approximate surface area is 163 Å². The largest absolute Gasteiger partial charge is 0.493 e. The van der Waals surface area contributed by atoms with Crippen molar-refractivity contribution in [1.29, 1.82) is 0 Å². The molecule has 0 aliphatic rings. The Morgan fingerprint density at radius 1 is 0.964 bits per heavy atom. The number of ether oxygens (including phenoxy) is 3. The molecule has 0 heterocycles. The zero-order valence-electron chi connectivity index (χ0n) is 16.1. The Morgan fingerprint density at radius 2 is 1.64 bits per heavy atom. The Kier molecular flexibility index (Phi) is 7.56. The van der Waals surface area contributed by atoms with E-state index in [0.29, 0.717) is 30.2 Å². The first kappa shape index (κ1) is 21.0. The summed E-state index contributed by atoms with van der Waals surface area (Å²) in [7, 11) is 1.51. The molecule has 0 saturated carbocycles. The SMILES string of the molecule is CCOc1cc(C(=O)OCC(=O)c2ccc(CNC(C)=O)cc2)ccc1OC. The number of carbonyl (C=O) groups is 3. The summed E-state index contributed by atoms with van der Waals surface area (Å²) in [5.41, 5.74) is 1.55. The fourth-order valence-corrected chi connectivity index (χ4v) is 2.40. The van der Waals surface area contributed by atoms with E-state index in [1.165, 1.54) is 20.1 Å². The van der Waals surface area contributed by atoms with Gasteiger partial charge in [-0.15, -0.1) is 0 Å². The van der Waals surface area contributed by atoms with Gasteiger partial charge in [0, 0.05) is 19.0 Å². The average Bonchev–Trinajstić information content (AvgIpc) is 2.70. The third kappa shape index (κ3) is 5.84. The number of benzene rings is 2. The van der Waals surface area contributed by atoms with Gasteiger partial charge in [0.15, 0.2) is 23.9 Å². The molecule has 0 bridgehead atoms. The van der Waals surface area contributed by atoms with Crippen LogP contribution in [0.15, 0.2) is 42.5 Å². The number of Topliss-reactive ketones (excluding diaryl/α,β-unsaturated/α-hetero) is 1. The summed E-state index contributed by atoms with van der Waals surface area (Å²) in [6.45, 7) is 3.69. The van der Waals surface area contributed by atoms with Crippen LogP contribution < -0.4 is 14.8 Å². The number of nitrogens with one attached hydrogen (secondary N) is 1. The molecule has 0 atom stereocenters. The molecule has 148 valence electrons. The number of amides is 1. The molecule has 1 amide bonds. The maximum atomic E-state index is 12.2. The van der Waals surface area contributed by atoms with Crippen LogP contribution >= 0.6 is 0 Å². The number of rotatable bonds is 9.